The lowest BCUT2D eigenvalue weighted by atomic mass is 10.1. The molecule has 122 valence electrons. The van der Waals surface area contributed by atoms with Crippen LogP contribution in [0.2, 0.25) is 0 Å². The Hall–Kier alpha value is -1.88. The predicted octanol–water partition coefficient (Wildman–Crippen LogP) is 2.46. The van der Waals surface area contributed by atoms with E-state index in [-0.39, 0.29) is 5.91 Å². The van der Waals surface area contributed by atoms with Crippen molar-refractivity contribution in [3.05, 3.63) is 35.4 Å². The second-order valence-corrected chi connectivity index (χ2v) is 5.52. The zero-order chi connectivity index (χ0) is 16.4. The summed E-state index contributed by atoms with van der Waals surface area (Å²) >= 11 is 0. The molecule has 0 aliphatic heterocycles. The summed E-state index contributed by atoms with van der Waals surface area (Å²) in [7, 11) is 4.05. The molecule has 0 saturated heterocycles. The van der Waals surface area contributed by atoms with Crippen LogP contribution in [0.3, 0.4) is 0 Å². The minimum Gasteiger partial charge on any atom is -0.465 e. The number of ether oxygens (including phenoxy) is 1. The number of nitrogens with zero attached hydrogens (tertiary/aromatic N) is 2. The SMILES string of the molecule is CCCOC(=NCCCN(C)C)NC(=O)c1cccc(C)c1. The van der Waals surface area contributed by atoms with Crippen molar-refractivity contribution < 1.29 is 9.53 Å². The van der Waals surface area contributed by atoms with Crippen molar-refractivity contribution in [3.63, 3.8) is 0 Å². The van der Waals surface area contributed by atoms with Gasteiger partial charge >= 0.3 is 0 Å². The summed E-state index contributed by atoms with van der Waals surface area (Å²) in [6.07, 6.45) is 1.79. The third-order valence-corrected chi connectivity index (χ3v) is 2.96. The largest absolute Gasteiger partial charge is 0.465 e. The first-order valence-corrected chi connectivity index (χ1v) is 7.73. The van der Waals surface area contributed by atoms with Gasteiger partial charge in [0.05, 0.1) is 6.61 Å². The minimum atomic E-state index is -0.189. The first-order valence-electron chi connectivity index (χ1n) is 7.73. The molecule has 1 aromatic carbocycles. The maximum Gasteiger partial charge on any atom is 0.291 e. The van der Waals surface area contributed by atoms with Gasteiger partial charge in [-0.3, -0.25) is 10.1 Å². The van der Waals surface area contributed by atoms with Crippen molar-refractivity contribution in [2.45, 2.75) is 26.7 Å². The molecule has 0 atom stereocenters. The second-order valence-electron chi connectivity index (χ2n) is 5.52. The average molecular weight is 305 g/mol. The molecule has 0 bridgehead atoms. The summed E-state index contributed by atoms with van der Waals surface area (Å²) in [6.45, 7) is 6.11. The van der Waals surface area contributed by atoms with E-state index in [1.54, 1.807) is 6.07 Å². The van der Waals surface area contributed by atoms with Gasteiger partial charge in [0.1, 0.15) is 0 Å². The molecule has 0 fully saturated rings. The molecule has 1 rings (SSSR count). The Morgan fingerprint density at radius 3 is 2.77 bits per heavy atom. The summed E-state index contributed by atoms with van der Waals surface area (Å²) in [5.41, 5.74) is 1.66. The Morgan fingerprint density at radius 1 is 1.36 bits per heavy atom. The van der Waals surface area contributed by atoms with Crippen molar-refractivity contribution >= 4 is 11.9 Å². The Kier molecular flexibility index (Phi) is 8.22. The normalized spacial score (nSPS) is 11.6. The fourth-order valence-corrected chi connectivity index (χ4v) is 1.84. The van der Waals surface area contributed by atoms with Gasteiger partial charge in [-0.15, -0.1) is 0 Å². The Morgan fingerprint density at radius 2 is 2.14 bits per heavy atom. The van der Waals surface area contributed by atoms with E-state index in [0.717, 1.165) is 24.9 Å². The zero-order valence-corrected chi connectivity index (χ0v) is 14.1. The Bertz CT molecular complexity index is 498. The van der Waals surface area contributed by atoms with Crippen molar-refractivity contribution in [1.82, 2.24) is 10.2 Å². The second kappa shape index (κ2) is 9.95. The molecule has 0 heterocycles. The van der Waals surface area contributed by atoms with Crippen LogP contribution in [0.5, 0.6) is 0 Å². The van der Waals surface area contributed by atoms with Gasteiger partial charge < -0.3 is 9.64 Å². The first-order chi connectivity index (χ1) is 10.5. The van der Waals surface area contributed by atoms with Crippen LogP contribution in [0.15, 0.2) is 29.3 Å². The van der Waals surface area contributed by atoms with E-state index in [4.69, 9.17) is 4.74 Å². The van der Waals surface area contributed by atoms with Gasteiger partial charge in [-0.2, -0.15) is 0 Å². The van der Waals surface area contributed by atoms with E-state index in [1.807, 2.05) is 46.1 Å². The highest BCUT2D eigenvalue weighted by Gasteiger charge is 2.09. The van der Waals surface area contributed by atoms with E-state index < -0.39 is 0 Å². The average Bonchev–Trinajstić information content (AvgIpc) is 2.48. The van der Waals surface area contributed by atoms with Crippen LogP contribution in [0, 0.1) is 6.92 Å². The first kappa shape index (κ1) is 18.2. The van der Waals surface area contributed by atoms with Gasteiger partial charge in [0.2, 0.25) is 0 Å². The topological polar surface area (TPSA) is 53.9 Å². The molecule has 5 heteroatoms. The van der Waals surface area contributed by atoms with Crippen LogP contribution in [-0.2, 0) is 4.74 Å². The molecule has 0 saturated carbocycles. The summed E-state index contributed by atoms with van der Waals surface area (Å²) in [5.74, 6) is -0.189. The zero-order valence-electron chi connectivity index (χ0n) is 14.1. The van der Waals surface area contributed by atoms with Crippen LogP contribution < -0.4 is 5.32 Å². The summed E-state index contributed by atoms with van der Waals surface area (Å²) in [4.78, 5) is 18.7. The van der Waals surface area contributed by atoms with Crippen LogP contribution in [0.25, 0.3) is 0 Å². The number of hydrogen-bond acceptors (Lipinski definition) is 4. The number of amidine groups is 1. The molecule has 0 spiro atoms. The maximum atomic E-state index is 12.2. The Balaban J connectivity index is 2.63. The van der Waals surface area contributed by atoms with E-state index in [9.17, 15) is 4.79 Å². The molecule has 1 aromatic rings. The predicted molar refractivity (Wildman–Crippen MR) is 90.4 cm³/mol. The number of aryl methyl sites for hydroxylation is 1. The molecular weight excluding hydrogens is 278 g/mol. The number of aliphatic imine (C=N–C) groups is 1. The van der Waals surface area contributed by atoms with E-state index >= 15 is 0 Å². The van der Waals surface area contributed by atoms with Gasteiger partial charge in [0.15, 0.2) is 0 Å². The number of carbonyl (C=O) groups excluding carboxylic acids is 1. The summed E-state index contributed by atoms with van der Waals surface area (Å²) in [5, 5.41) is 2.76. The summed E-state index contributed by atoms with van der Waals surface area (Å²) < 4.78 is 5.53. The van der Waals surface area contributed by atoms with Crippen molar-refractivity contribution in [2.24, 2.45) is 4.99 Å². The molecule has 0 unspecified atom stereocenters. The number of hydrogen-bond donors (Lipinski definition) is 1. The molecule has 0 radical (unpaired) electrons. The monoisotopic (exact) mass is 305 g/mol. The summed E-state index contributed by atoms with van der Waals surface area (Å²) in [6, 6.07) is 7.77. The molecule has 0 aliphatic rings. The van der Waals surface area contributed by atoms with E-state index in [1.165, 1.54) is 0 Å². The smallest absolute Gasteiger partial charge is 0.291 e. The van der Waals surface area contributed by atoms with Crippen molar-refractivity contribution in [3.8, 4) is 0 Å². The highest BCUT2D eigenvalue weighted by atomic mass is 16.5. The number of carbonyl (C=O) groups is 1. The third kappa shape index (κ3) is 7.22. The molecule has 1 amide bonds. The highest BCUT2D eigenvalue weighted by molar-refractivity contribution is 6.04. The number of rotatable bonds is 7. The van der Waals surface area contributed by atoms with Crippen LogP contribution in [0.4, 0.5) is 0 Å². The minimum absolute atomic E-state index is 0.189. The third-order valence-electron chi connectivity index (χ3n) is 2.96. The van der Waals surface area contributed by atoms with Gasteiger partial charge in [-0.25, -0.2) is 4.99 Å². The Labute approximate surface area is 133 Å². The molecule has 1 N–H and O–H groups in total. The fourth-order valence-electron chi connectivity index (χ4n) is 1.84. The fraction of sp³-hybridized carbons (Fsp3) is 0.529. The van der Waals surface area contributed by atoms with Gasteiger partial charge in [-0.1, -0.05) is 24.6 Å². The van der Waals surface area contributed by atoms with Gasteiger partial charge in [-0.05, 0) is 52.5 Å². The van der Waals surface area contributed by atoms with Crippen LogP contribution in [0.1, 0.15) is 35.7 Å². The van der Waals surface area contributed by atoms with Crippen LogP contribution in [-0.4, -0.2) is 50.6 Å². The number of nitrogens with one attached hydrogen (secondary N) is 1. The van der Waals surface area contributed by atoms with Crippen LogP contribution >= 0.6 is 0 Å². The highest BCUT2D eigenvalue weighted by Crippen LogP contribution is 2.03. The van der Waals surface area contributed by atoms with E-state index in [2.05, 4.69) is 15.2 Å². The van der Waals surface area contributed by atoms with Crippen molar-refractivity contribution in [1.29, 1.82) is 0 Å². The lowest BCUT2D eigenvalue weighted by Crippen LogP contribution is -2.33. The van der Waals surface area contributed by atoms with Gasteiger partial charge in [0.25, 0.3) is 11.9 Å². The molecule has 0 aromatic heterocycles. The molecule has 5 nitrogen and oxygen atoms in total. The lowest BCUT2D eigenvalue weighted by molar-refractivity contribution is 0.0965. The quantitative estimate of drug-likeness (QED) is 0.478. The number of amides is 1. The standard InChI is InChI=1S/C17H27N3O2/c1-5-12-22-17(18-10-7-11-20(3)4)19-16(21)15-9-6-8-14(2)13-15/h6,8-9,13H,5,7,10-12H2,1-4H3,(H,18,19,21). The van der Waals surface area contributed by atoms with E-state index in [0.29, 0.717) is 24.7 Å². The number of benzene rings is 1. The lowest BCUT2D eigenvalue weighted by Gasteiger charge is -2.11. The van der Waals surface area contributed by atoms with Gasteiger partial charge in [0, 0.05) is 12.1 Å². The molecular formula is C17H27N3O2. The molecule has 22 heavy (non-hydrogen) atoms. The van der Waals surface area contributed by atoms with Crippen molar-refractivity contribution in [2.75, 3.05) is 33.8 Å². The molecule has 0 aliphatic carbocycles. The maximum absolute atomic E-state index is 12.2.